The van der Waals surface area contributed by atoms with Crippen molar-refractivity contribution in [2.75, 3.05) is 14.2 Å². The Balaban J connectivity index is 2.45. The van der Waals surface area contributed by atoms with E-state index in [-0.39, 0.29) is 29.1 Å². The number of nitrogens with one attached hydrogen (secondary N) is 1. The van der Waals surface area contributed by atoms with Crippen LogP contribution in [0.3, 0.4) is 0 Å². The summed E-state index contributed by atoms with van der Waals surface area (Å²) in [6.45, 7) is 3.99. The van der Waals surface area contributed by atoms with Crippen molar-refractivity contribution in [2.24, 2.45) is 5.10 Å². The highest BCUT2D eigenvalue weighted by atomic mass is 32.2. The number of methoxy groups -OCH3 is 2. The predicted octanol–water partition coefficient (Wildman–Crippen LogP) is 1.63. The SMILES string of the molecule is COc1cc([C@@H]2SC(NC(C)=O)=NN2C(C)=O)cc(OC)c1OC(C)=O. The van der Waals surface area contributed by atoms with Crippen LogP contribution in [0.15, 0.2) is 17.2 Å². The van der Waals surface area contributed by atoms with Crippen LogP contribution < -0.4 is 19.5 Å². The third-order valence-electron chi connectivity index (χ3n) is 3.26. The number of thioether (sulfide) groups is 1. The van der Waals surface area contributed by atoms with E-state index in [1.165, 1.54) is 51.8 Å². The smallest absolute Gasteiger partial charge is 0.308 e. The Labute approximate surface area is 154 Å². The lowest BCUT2D eigenvalue weighted by Crippen LogP contribution is -2.25. The number of esters is 1. The van der Waals surface area contributed by atoms with Crippen molar-refractivity contribution in [1.29, 1.82) is 0 Å². The number of amidine groups is 1. The minimum absolute atomic E-state index is 0.145. The maximum Gasteiger partial charge on any atom is 0.308 e. The van der Waals surface area contributed by atoms with Crippen molar-refractivity contribution in [3.63, 3.8) is 0 Å². The molecule has 0 fully saturated rings. The minimum atomic E-state index is -0.538. The van der Waals surface area contributed by atoms with Crippen LogP contribution in [0.2, 0.25) is 0 Å². The van der Waals surface area contributed by atoms with Crippen LogP contribution in [0.25, 0.3) is 0 Å². The summed E-state index contributed by atoms with van der Waals surface area (Å²) in [5, 5.41) is 7.71. The summed E-state index contributed by atoms with van der Waals surface area (Å²) < 4.78 is 15.8. The normalized spacial score (nSPS) is 16.0. The highest BCUT2D eigenvalue weighted by Gasteiger charge is 2.34. The molecule has 10 heteroatoms. The molecule has 1 heterocycles. The quantitative estimate of drug-likeness (QED) is 0.624. The molecule has 0 saturated heterocycles. The maximum atomic E-state index is 11.9. The molecule has 0 saturated carbocycles. The first-order valence-electron chi connectivity index (χ1n) is 7.53. The summed E-state index contributed by atoms with van der Waals surface area (Å²) >= 11 is 1.19. The Hall–Kier alpha value is -2.75. The molecule has 1 aromatic carbocycles. The van der Waals surface area contributed by atoms with E-state index in [2.05, 4.69) is 10.4 Å². The number of hydrazone groups is 1. The average Bonchev–Trinajstić information content (AvgIpc) is 2.97. The zero-order valence-electron chi connectivity index (χ0n) is 15.0. The van der Waals surface area contributed by atoms with Gasteiger partial charge in [-0.2, -0.15) is 0 Å². The van der Waals surface area contributed by atoms with E-state index >= 15 is 0 Å². The zero-order chi connectivity index (χ0) is 19.4. The molecule has 0 spiro atoms. The number of hydrogen-bond donors (Lipinski definition) is 1. The van der Waals surface area contributed by atoms with Gasteiger partial charge in [-0.15, -0.1) is 5.10 Å². The fraction of sp³-hybridized carbons (Fsp3) is 0.375. The first-order chi connectivity index (χ1) is 12.3. The molecule has 0 bridgehead atoms. The van der Waals surface area contributed by atoms with Crippen LogP contribution in [0.4, 0.5) is 0 Å². The van der Waals surface area contributed by atoms with Gasteiger partial charge in [-0.3, -0.25) is 14.4 Å². The van der Waals surface area contributed by atoms with Gasteiger partial charge in [-0.1, -0.05) is 11.8 Å². The Morgan fingerprint density at radius 3 is 2.12 bits per heavy atom. The van der Waals surface area contributed by atoms with Gasteiger partial charge in [0, 0.05) is 20.8 Å². The predicted molar refractivity (Wildman–Crippen MR) is 95.0 cm³/mol. The van der Waals surface area contributed by atoms with E-state index in [0.717, 1.165) is 0 Å². The number of amides is 2. The molecule has 1 atom stereocenters. The number of ether oxygens (including phenoxy) is 3. The molecular weight excluding hydrogens is 362 g/mol. The molecule has 1 N–H and O–H groups in total. The van der Waals surface area contributed by atoms with Gasteiger partial charge in [0.2, 0.25) is 17.6 Å². The fourth-order valence-corrected chi connectivity index (χ4v) is 3.38. The van der Waals surface area contributed by atoms with Crippen molar-refractivity contribution in [3.05, 3.63) is 17.7 Å². The molecule has 1 aliphatic heterocycles. The average molecular weight is 381 g/mol. The second-order valence-electron chi connectivity index (χ2n) is 5.27. The Morgan fingerprint density at radius 1 is 1.12 bits per heavy atom. The van der Waals surface area contributed by atoms with Gasteiger partial charge in [0.05, 0.1) is 14.2 Å². The van der Waals surface area contributed by atoms with E-state index in [9.17, 15) is 14.4 Å². The largest absolute Gasteiger partial charge is 0.493 e. The van der Waals surface area contributed by atoms with Crippen molar-refractivity contribution < 1.29 is 28.6 Å². The fourth-order valence-electron chi connectivity index (χ4n) is 2.27. The molecule has 9 nitrogen and oxygen atoms in total. The van der Waals surface area contributed by atoms with E-state index in [1.54, 1.807) is 12.1 Å². The monoisotopic (exact) mass is 381 g/mol. The molecule has 0 aliphatic carbocycles. The number of benzene rings is 1. The van der Waals surface area contributed by atoms with Crippen molar-refractivity contribution in [3.8, 4) is 17.2 Å². The number of nitrogens with zero attached hydrogens (tertiary/aromatic N) is 2. The van der Waals surface area contributed by atoms with Crippen LogP contribution in [-0.4, -0.2) is 42.2 Å². The molecule has 0 unspecified atom stereocenters. The lowest BCUT2D eigenvalue weighted by atomic mass is 10.1. The van der Waals surface area contributed by atoms with Crippen molar-refractivity contribution >= 4 is 34.7 Å². The van der Waals surface area contributed by atoms with E-state index in [1.807, 2.05) is 0 Å². The van der Waals surface area contributed by atoms with Gasteiger partial charge >= 0.3 is 5.97 Å². The first kappa shape index (κ1) is 19.6. The Bertz CT molecular complexity index is 754. The highest BCUT2D eigenvalue weighted by molar-refractivity contribution is 8.14. The summed E-state index contributed by atoms with van der Waals surface area (Å²) in [5.74, 6) is -0.429. The lowest BCUT2D eigenvalue weighted by molar-refractivity contribution is -0.132. The van der Waals surface area contributed by atoms with Gasteiger partial charge in [-0.25, -0.2) is 5.01 Å². The molecule has 1 aliphatic rings. The lowest BCUT2D eigenvalue weighted by Gasteiger charge is -2.21. The number of hydrogen-bond acceptors (Lipinski definition) is 8. The molecular formula is C16H19N3O6S. The Kier molecular flexibility index (Phi) is 6.09. The van der Waals surface area contributed by atoms with Crippen LogP contribution in [0.5, 0.6) is 17.2 Å². The number of carbonyl (C=O) groups excluding carboxylic acids is 3. The van der Waals surface area contributed by atoms with Gasteiger partial charge < -0.3 is 19.5 Å². The van der Waals surface area contributed by atoms with Gasteiger partial charge in [0.25, 0.3) is 0 Å². The minimum Gasteiger partial charge on any atom is -0.493 e. The van der Waals surface area contributed by atoms with Gasteiger partial charge in [0.15, 0.2) is 16.7 Å². The van der Waals surface area contributed by atoms with Gasteiger partial charge in [0.1, 0.15) is 5.37 Å². The number of rotatable bonds is 4. The first-order valence-corrected chi connectivity index (χ1v) is 8.41. The van der Waals surface area contributed by atoms with E-state index < -0.39 is 11.3 Å². The summed E-state index contributed by atoms with van der Waals surface area (Å²) in [7, 11) is 2.85. The van der Waals surface area contributed by atoms with E-state index in [0.29, 0.717) is 10.7 Å². The summed E-state index contributed by atoms with van der Waals surface area (Å²) in [4.78, 5) is 34.5. The second kappa shape index (κ2) is 8.09. The second-order valence-corrected chi connectivity index (χ2v) is 6.34. The zero-order valence-corrected chi connectivity index (χ0v) is 15.8. The van der Waals surface area contributed by atoms with Crippen LogP contribution in [-0.2, 0) is 14.4 Å². The molecule has 140 valence electrons. The molecule has 1 aromatic rings. The van der Waals surface area contributed by atoms with Gasteiger partial charge in [-0.05, 0) is 17.7 Å². The summed E-state index contributed by atoms with van der Waals surface area (Å²) in [6, 6.07) is 3.25. The Morgan fingerprint density at radius 2 is 1.69 bits per heavy atom. The van der Waals surface area contributed by atoms with Crippen LogP contribution in [0, 0.1) is 0 Å². The number of carbonyl (C=O) groups is 3. The molecule has 26 heavy (non-hydrogen) atoms. The topological polar surface area (TPSA) is 107 Å². The third kappa shape index (κ3) is 4.26. The maximum absolute atomic E-state index is 11.9. The standard InChI is InChI=1S/C16H19N3O6S/c1-8(20)17-16-18-19(9(2)21)15(26-16)11-6-12(23-4)14(25-10(3)22)13(7-11)24-5/h6-7,15H,1-5H3,(H,17,18,20)/t15-/m0/s1. The molecule has 0 radical (unpaired) electrons. The van der Waals surface area contributed by atoms with E-state index in [4.69, 9.17) is 14.2 Å². The molecule has 2 amide bonds. The van der Waals surface area contributed by atoms with Crippen LogP contribution >= 0.6 is 11.8 Å². The summed E-state index contributed by atoms with van der Waals surface area (Å²) in [6.07, 6.45) is 0. The highest BCUT2D eigenvalue weighted by Crippen LogP contribution is 2.45. The third-order valence-corrected chi connectivity index (χ3v) is 4.37. The molecule has 0 aromatic heterocycles. The van der Waals surface area contributed by atoms with Crippen LogP contribution in [0.1, 0.15) is 31.7 Å². The molecule has 2 rings (SSSR count). The van der Waals surface area contributed by atoms with Crippen molar-refractivity contribution in [1.82, 2.24) is 10.3 Å². The summed E-state index contributed by atoms with van der Waals surface area (Å²) in [5.41, 5.74) is 0.624. The van der Waals surface area contributed by atoms with Crippen molar-refractivity contribution in [2.45, 2.75) is 26.1 Å².